The summed E-state index contributed by atoms with van der Waals surface area (Å²) in [6.07, 6.45) is 4.24. The number of nitrogens with zero attached hydrogens (tertiary/aromatic N) is 2. The Morgan fingerprint density at radius 3 is 2.95 bits per heavy atom. The monoisotopic (exact) mass is 283 g/mol. The zero-order chi connectivity index (χ0) is 14.8. The van der Waals surface area contributed by atoms with Crippen molar-refractivity contribution in [3.63, 3.8) is 0 Å². The fourth-order valence-corrected chi connectivity index (χ4v) is 3.65. The summed E-state index contributed by atoms with van der Waals surface area (Å²) in [4.78, 5) is 14.1. The third-order valence-corrected chi connectivity index (χ3v) is 4.87. The number of para-hydroxylation sites is 2. The van der Waals surface area contributed by atoms with Crippen molar-refractivity contribution in [1.29, 1.82) is 5.26 Å². The van der Waals surface area contributed by atoms with Crippen LogP contribution in [0.2, 0.25) is 0 Å². The number of benzene rings is 1. The number of rotatable bonds is 2. The van der Waals surface area contributed by atoms with Crippen LogP contribution in [0.5, 0.6) is 0 Å². The topological polar surface area (TPSA) is 56.1 Å². The minimum absolute atomic E-state index is 0.0176. The number of amides is 1. The van der Waals surface area contributed by atoms with Crippen molar-refractivity contribution in [2.45, 2.75) is 38.6 Å². The first-order valence-corrected chi connectivity index (χ1v) is 7.78. The minimum atomic E-state index is 0.0176. The van der Waals surface area contributed by atoms with Crippen LogP contribution >= 0.6 is 0 Å². The number of hydrogen-bond acceptors (Lipinski definition) is 3. The van der Waals surface area contributed by atoms with Crippen molar-refractivity contribution in [2.24, 2.45) is 11.8 Å². The zero-order valence-electron chi connectivity index (χ0n) is 12.4. The third kappa shape index (κ3) is 2.61. The lowest BCUT2D eigenvalue weighted by Gasteiger charge is -2.43. The second-order valence-electron chi connectivity index (χ2n) is 6.08. The number of carbonyl (C=O) groups is 1. The Balaban J connectivity index is 1.94. The van der Waals surface area contributed by atoms with Crippen LogP contribution in [0.25, 0.3) is 0 Å². The van der Waals surface area contributed by atoms with E-state index in [4.69, 9.17) is 0 Å². The van der Waals surface area contributed by atoms with Crippen LogP contribution in [0, 0.1) is 23.2 Å². The van der Waals surface area contributed by atoms with Crippen LogP contribution in [0.4, 0.5) is 11.4 Å². The molecule has 0 aromatic heterocycles. The Morgan fingerprint density at radius 1 is 1.38 bits per heavy atom. The van der Waals surface area contributed by atoms with Crippen LogP contribution in [0.15, 0.2) is 24.3 Å². The van der Waals surface area contributed by atoms with Gasteiger partial charge in [-0.05, 0) is 37.3 Å². The smallest absolute Gasteiger partial charge is 0.243 e. The van der Waals surface area contributed by atoms with E-state index in [-0.39, 0.29) is 17.9 Å². The van der Waals surface area contributed by atoms with E-state index in [1.807, 2.05) is 24.3 Å². The van der Waals surface area contributed by atoms with Gasteiger partial charge in [0.2, 0.25) is 5.91 Å². The number of nitrogens with one attached hydrogen (secondary N) is 1. The number of nitriles is 1. The summed E-state index contributed by atoms with van der Waals surface area (Å²) in [5.74, 6) is 0.701. The molecule has 3 unspecified atom stereocenters. The van der Waals surface area contributed by atoms with Gasteiger partial charge in [-0.15, -0.1) is 0 Å². The van der Waals surface area contributed by atoms with E-state index >= 15 is 0 Å². The summed E-state index contributed by atoms with van der Waals surface area (Å²) in [7, 11) is 0. The standard InChI is InChI=1S/C17H21N3O/c1-2-12-7-8-13(10-18)16(9-12)20-11-17(21)19-14-5-3-4-6-15(14)20/h3-6,12-13,16H,2,7-9,11H2,1H3,(H,19,21). The maximum atomic E-state index is 12.0. The fourth-order valence-electron chi connectivity index (χ4n) is 3.65. The molecule has 3 rings (SSSR count). The molecule has 0 bridgehead atoms. The highest BCUT2D eigenvalue weighted by Gasteiger charge is 2.37. The average molecular weight is 283 g/mol. The Bertz CT molecular complexity index is 578. The summed E-state index contributed by atoms with van der Waals surface area (Å²) in [5.41, 5.74) is 1.92. The largest absolute Gasteiger partial charge is 0.356 e. The molecule has 1 amide bonds. The van der Waals surface area contributed by atoms with Crippen LogP contribution in [0.3, 0.4) is 0 Å². The van der Waals surface area contributed by atoms with Crippen molar-refractivity contribution in [3.8, 4) is 6.07 Å². The first-order valence-electron chi connectivity index (χ1n) is 7.78. The van der Waals surface area contributed by atoms with Gasteiger partial charge in [-0.1, -0.05) is 25.5 Å². The van der Waals surface area contributed by atoms with Gasteiger partial charge in [0.25, 0.3) is 0 Å². The van der Waals surface area contributed by atoms with Crippen molar-refractivity contribution < 1.29 is 4.79 Å². The van der Waals surface area contributed by atoms with Gasteiger partial charge in [-0.25, -0.2) is 0 Å². The number of fused-ring (bicyclic) bond motifs is 1. The second kappa shape index (κ2) is 5.77. The van der Waals surface area contributed by atoms with E-state index in [0.29, 0.717) is 12.5 Å². The second-order valence-corrected chi connectivity index (χ2v) is 6.08. The maximum absolute atomic E-state index is 12.0. The molecule has 1 heterocycles. The van der Waals surface area contributed by atoms with Gasteiger partial charge in [0.1, 0.15) is 0 Å². The van der Waals surface area contributed by atoms with Gasteiger partial charge in [0.15, 0.2) is 0 Å². The van der Waals surface area contributed by atoms with Crippen LogP contribution in [-0.2, 0) is 4.79 Å². The van der Waals surface area contributed by atoms with E-state index in [1.54, 1.807) is 0 Å². The minimum Gasteiger partial charge on any atom is -0.356 e. The molecular weight excluding hydrogens is 262 g/mol. The molecule has 1 aromatic carbocycles. The molecule has 1 aliphatic heterocycles. The van der Waals surface area contributed by atoms with Crippen molar-refractivity contribution in [2.75, 3.05) is 16.8 Å². The molecule has 1 saturated carbocycles. The van der Waals surface area contributed by atoms with Gasteiger partial charge in [0, 0.05) is 6.04 Å². The molecule has 1 fully saturated rings. The molecule has 0 spiro atoms. The fraction of sp³-hybridized carbons (Fsp3) is 0.529. The number of anilines is 2. The Labute approximate surface area is 125 Å². The number of carbonyl (C=O) groups excluding carboxylic acids is 1. The Morgan fingerprint density at radius 2 is 2.19 bits per heavy atom. The molecule has 21 heavy (non-hydrogen) atoms. The summed E-state index contributed by atoms with van der Waals surface area (Å²) in [6, 6.07) is 10.5. The van der Waals surface area contributed by atoms with Gasteiger partial charge < -0.3 is 10.2 Å². The maximum Gasteiger partial charge on any atom is 0.243 e. The summed E-state index contributed by atoms with van der Waals surface area (Å²) in [6.45, 7) is 2.57. The highest BCUT2D eigenvalue weighted by atomic mass is 16.2. The van der Waals surface area contributed by atoms with E-state index in [1.165, 1.54) is 0 Å². The molecule has 3 atom stereocenters. The molecule has 4 nitrogen and oxygen atoms in total. The molecule has 0 saturated heterocycles. The van der Waals surface area contributed by atoms with Gasteiger partial charge in [0.05, 0.1) is 29.9 Å². The SMILES string of the molecule is CCC1CCC(C#N)C(N2CC(=O)Nc3ccccc32)C1. The van der Waals surface area contributed by atoms with Gasteiger partial charge >= 0.3 is 0 Å². The summed E-state index contributed by atoms with van der Waals surface area (Å²) < 4.78 is 0. The van der Waals surface area contributed by atoms with E-state index in [9.17, 15) is 10.1 Å². The average Bonchev–Trinajstić information content (AvgIpc) is 2.53. The molecule has 1 N–H and O–H groups in total. The van der Waals surface area contributed by atoms with E-state index < -0.39 is 0 Å². The van der Waals surface area contributed by atoms with Crippen LogP contribution in [0.1, 0.15) is 32.6 Å². The molecule has 1 aromatic rings. The highest BCUT2D eigenvalue weighted by molar-refractivity contribution is 6.01. The van der Waals surface area contributed by atoms with E-state index in [0.717, 1.165) is 37.1 Å². The highest BCUT2D eigenvalue weighted by Crippen LogP contribution is 2.39. The molecule has 4 heteroatoms. The molecule has 2 aliphatic rings. The summed E-state index contributed by atoms with van der Waals surface area (Å²) >= 11 is 0. The van der Waals surface area contributed by atoms with Gasteiger partial charge in [-0.2, -0.15) is 5.26 Å². The van der Waals surface area contributed by atoms with Crippen molar-refractivity contribution >= 4 is 17.3 Å². The Hall–Kier alpha value is -2.02. The predicted molar refractivity (Wildman–Crippen MR) is 82.9 cm³/mol. The lowest BCUT2D eigenvalue weighted by molar-refractivity contribution is -0.115. The summed E-state index contributed by atoms with van der Waals surface area (Å²) in [5, 5.41) is 12.4. The first kappa shape index (κ1) is 13.9. The van der Waals surface area contributed by atoms with Gasteiger partial charge in [-0.3, -0.25) is 4.79 Å². The molecule has 0 radical (unpaired) electrons. The normalized spacial score (nSPS) is 28.5. The van der Waals surface area contributed by atoms with Crippen molar-refractivity contribution in [3.05, 3.63) is 24.3 Å². The van der Waals surface area contributed by atoms with Crippen LogP contribution < -0.4 is 10.2 Å². The predicted octanol–water partition coefficient (Wildman–Crippen LogP) is 3.16. The number of hydrogen-bond donors (Lipinski definition) is 1. The lowest BCUT2D eigenvalue weighted by atomic mass is 9.77. The third-order valence-electron chi connectivity index (χ3n) is 4.87. The molecule has 1 aliphatic carbocycles. The quantitative estimate of drug-likeness (QED) is 0.907. The Kier molecular flexibility index (Phi) is 3.83. The molecular formula is C17H21N3O. The van der Waals surface area contributed by atoms with E-state index in [2.05, 4.69) is 23.2 Å². The lowest BCUT2D eigenvalue weighted by Crippen LogP contribution is -2.49. The van der Waals surface area contributed by atoms with Crippen LogP contribution in [-0.4, -0.2) is 18.5 Å². The van der Waals surface area contributed by atoms with Crippen molar-refractivity contribution in [1.82, 2.24) is 0 Å². The zero-order valence-corrected chi connectivity index (χ0v) is 12.4. The molecule has 110 valence electrons. The first-order chi connectivity index (χ1) is 10.2.